The Morgan fingerprint density at radius 2 is 1.84 bits per heavy atom. The third kappa shape index (κ3) is 6.27. The molecule has 0 aliphatic heterocycles. The fourth-order valence-electron chi connectivity index (χ4n) is 4.23. The zero-order valence-corrected chi connectivity index (χ0v) is 22.0. The van der Waals surface area contributed by atoms with Crippen LogP contribution < -0.4 is 15.8 Å². The van der Waals surface area contributed by atoms with E-state index < -0.39 is 9.84 Å². The highest BCUT2D eigenvalue weighted by molar-refractivity contribution is 7.90. The van der Waals surface area contributed by atoms with E-state index in [1.54, 1.807) is 0 Å². The zero-order valence-electron chi connectivity index (χ0n) is 21.2. The summed E-state index contributed by atoms with van der Waals surface area (Å²) in [7, 11) is -2.95. The van der Waals surface area contributed by atoms with Crippen molar-refractivity contribution in [1.82, 2.24) is 25.1 Å². The molecule has 0 atom stereocenters. The van der Waals surface area contributed by atoms with Gasteiger partial charge < -0.3 is 15.8 Å². The fraction of sp³-hybridized carbons (Fsp3) is 0.250. The molecule has 0 saturated carbocycles. The molecule has 0 amide bonds. The smallest absolute Gasteiger partial charge is 0.162 e. The lowest BCUT2D eigenvalue weighted by Gasteiger charge is -2.10. The summed E-state index contributed by atoms with van der Waals surface area (Å²) in [6, 6.07) is 21.9. The summed E-state index contributed by atoms with van der Waals surface area (Å²) in [5, 5.41) is 9.45. The van der Waals surface area contributed by atoms with Crippen molar-refractivity contribution in [1.29, 1.82) is 0 Å². The topological polar surface area (TPSA) is 125 Å². The normalized spacial score (nSPS) is 11.8. The van der Waals surface area contributed by atoms with Gasteiger partial charge in [-0.1, -0.05) is 30.3 Å². The first-order chi connectivity index (χ1) is 18.4. The number of nitrogens with one attached hydrogen (secondary N) is 1. The number of anilines is 1. The average Bonchev–Trinajstić information content (AvgIpc) is 3.29. The van der Waals surface area contributed by atoms with Crippen LogP contribution >= 0.6 is 0 Å². The van der Waals surface area contributed by atoms with Gasteiger partial charge in [0.1, 0.15) is 21.4 Å². The summed E-state index contributed by atoms with van der Waals surface area (Å²) < 4.78 is 30.2. The predicted molar refractivity (Wildman–Crippen MR) is 151 cm³/mol. The summed E-state index contributed by atoms with van der Waals surface area (Å²) in [5.74, 6) is 1.77. The van der Waals surface area contributed by atoms with Gasteiger partial charge in [0.25, 0.3) is 0 Å². The standard InChI is InChI=1S/C28H30N6O3S/c1-38(35,36)15-13-30-12-5-14-37-23-9-10-24-25(17-23)32-28(33-27(24)29)21-8-11-26-22(16-21)18-31-34(26)19-20-6-3-2-4-7-20/h2-4,6-11,16-18,30H,5,12-15,19H2,1H3,(H2,29,32,33). The molecule has 0 spiro atoms. The van der Waals surface area contributed by atoms with Crippen molar-refractivity contribution in [3.63, 3.8) is 0 Å². The van der Waals surface area contributed by atoms with E-state index in [1.807, 2.05) is 65.5 Å². The molecule has 0 aliphatic carbocycles. The second-order valence-corrected chi connectivity index (χ2v) is 11.5. The molecule has 0 aliphatic rings. The molecule has 3 N–H and O–H groups in total. The molecule has 2 aromatic heterocycles. The van der Waals surface area contributed by atoms with Crippen LogP contribution in [0.4, 0.5) is 5.82 Å². The minimum atomic E-state index is -2.95. The molecule has 5 aromatic rings. The van der Waals surface area contributed by atoms with Gasteiger partial charge in [-0.15, -0.1) is 0 Å². The third-order valence-corrected chi connectivity index (χ3v) is 7.13. The first-order valence-corrected chi connectivity index (χ1v) is 14.5. The Hall–Kier alpha value is -4.02. The van der Waals surface area contributed by atoms with Crippen molar-refractivity contribution in [2.75, 3.05) is 37.4 Å². The summed E-state index contributed by atoms with van der Waals surface area (Å²) in [4.78, 5) is 9.32. The number of aromatic nitrogens is 4. The number of rotatable bonds is 11. The number of nitrogens with zero attached hydrogens (tertiary/aromatic N) is 4. The van der Waals surface area contributed by atoms with Gasteiger partial charge in [0.15, 0.2) is 5.82 Å². The zero-order chi connectivity index (χ0) is 26.5. The monoisotopic (exact) mass is 530 g/mol. The van der Waals surface area contributed by atoms with E-state index in [9.17, 15) is 8.42 Å². The van der Waals surface area contributed by atoms with Crippen LogP contribution in [0.1, 0.15) is 12.0 Å². The lowest BCUT2D eigenvalue weighted by atomic mass is 10.1. The molecule has 2 heterocycles. The summed E-state index contributed by atoms with van der Waals surface area (Å²) in [6.45, 7) is 2.30. The molecular weight excluding hydrogens is 500 g/mol. The van der Waals surface area contributed by atoms with Crippen molar-refractivity contribution in [2.45, 2.75) is 13.0 Å². The first kappa shape index (κ1) is 25.6. The maximum absolute atomic E-state index is 11.2. The Morgan fingerprint density at radius 3 is 2.66 bits per heavy atom. The van der Waals surface area contributed by atoms with Crippen molar-refractivity contribution in [3.05, 3.63) is 78.5 Å². The van der Waals surface area contributed by atoms with Crippen LogP contribution in [-0.4, -0.2) is 59.9 Å². The van der Waals surface area contributed by atoms with Crippen molar-refractivity contribution < 1.29 is 13.2 Å². The highest BCUT2D eigenvalue weighted by Crippen LogP contribution is 2.28. The van der Waals surface area contributed by atoms with Gasteiger partial charge in [-0.05, 0) is 48.9 Å². The van der Waals surface area contributed by atoms with Gasteiger partial charge in [0.05, 0.1) is 36.1 Å². The minimum Gasteiger partial charge on any atom is -0.493 e. The molecule has 0 bridgehead atoms. The summed E-state index contributed by atoms with van der Waals surface area (Å²) in [5.41, 5.74) is 10.1. The number of nitrogens with two attached hydrogens (primary N) is 1. The predicted octanol–water partition coefficient (Wildman–Crippen LogP) is 3.68. The van der Waals surface area contributed by atoms with Crippen LogP contribution in [0, 0.1) is 0 Å². The van der Waals surface area contributed by atoms with Crippen molar-refractivity contribution in [3.8, 4) is 17.1 Å². The third-order valence-electron chi connectivity index (χ3n) is 6.19. The molecule has 0 radical (unpaired) electrons. The number of fused-ring (bicyclic) bond motifs is 2. The van der Waals surface area contributed by atoms with Crippen LogP contribution in [-0.2, 0) is 16.4 Å². The lowest BCUT2D eigenvalue weighted by Crippen LogP contribution is -2.24. The molecule has 38 heavy (non-hydrogen) atoms. The van der Waals surface area contributed by atoms with E-state index in [4.69, 9.17) is 15.5 Å². The Bertz CT molecular complexity index is 1670. The molecule has 9 nitrogen and oxygen atoms in total. The van der Waals surface area contributed by atoms with E-state index >= 15 is 0 Å². The largest absolute Gasteiger partial charge is 0.493 e. The molecule has 0 saturated heterocycles. The van der Waals surface area contributed by atoms with Crippen LogP contribution in [0.25, 0.3) is 33.2 Å². The maximum atomic E-state index is 11.2. The second kappa shape index (κ2) is 11.2. The van der Waals surface area contributed by atoms with Crippen molar-refractivity contribution >= 4 is 37.5 Å². The second-order valence-electron chi connectivity index (χ2n) is 9.25. The van der Waals surface area contributed by atoms with Gasteiger partial charge >= 0.3 is 0 Å². The number of benzene rings is 3. The molecule has 3 aromatic carbocycles. The first-order valence-electron chi connectivity index (χ1n) is 12.4. The van der Waals surface area contributed by atoms with Gasteiger partial charge in [-0.2, -0.15) is 5.10 Å². The Kier molecular flexibility index (Phi) is 7.52. The fourth-order valence-corrected chi connectivity index (χ4v) is 4.75. The number of ether oxygens (including phenoxy) is 1. The van der Waals surface area contributed by atoms with E-state index in [0.717, 1.165) is 28.3 Å². The quantitative estimate of drug-likeness (QED) is 0.248. The molecule has 0 fully saturated rings. The Morgan fingerprint density at radius 1 is 1.00 bits per heavy atom. The molecular formula is C28H30N6O3S. The Balaban J connectivity index is 1.28. The number of sulfone groups is 1. The highest BCUT2D eigenvalue weighted by atomic mass is 32.2. The Labute approximate surface area is 221 Å². The van der Waals surface area contributed by atoms with E-state index in [-0.39, 0.29) is 5.75 Å². The van der Waals surface area contributed by atoms with Gasteiger partial charge in [0.2, 0.25) is 0 Å². The SMILES string of the molecule is CS(=O)(=O)CCNCCCOc1ccc2c(N)nc(-c3ccc4c(cnn4Cc4ccccc4)c3)nc2c1. The summed E-state index contributed by atoms with van der Waals surface area (Å²) >= 11 is 0. The van der Waals surface area contributed by atoms with Crippen LogP contribution in [0.15, 0.2) is 72.9 Å². The van der Waals surface area contributed by atoms with E-state index in [0.29, 0.717) is 49.1 Å². The maximum Gasteiger partial charge on any atom is 0.162 e. The van der Waals surface area contributed by atoms with E-state index in [1.165, 1.54) is 11.8 Å². The van der Waals surface area contributed by atoms with Crippen LogP contribution in [0.3, 0.4) is 0 Å². The van der Waals surface area contributed by atoms with Gasteiger partial charge in [-0.25, -0.2) is 18.4 Å². The molecule has 5 rings (SSSR count). The molecule has 10 heteroatoms. The van der Waals surface area contributed by atoms with Gasteiger partial charge in [-0.3, -0.25) is 4.68 Å². The number of nitrogen functional groups attached to an aromatic ring is 1. The minimum absolute atomic E-state index is 0.130. The molecule has 196 valence electrons. The van der Waals surface area contributed by atoms with Gasteiger partial charge in [0, 0.05) is 35.2 Å². The lowest BCUT2D eigenvalue weighted by molar-refractivity contribution is 0.309. The average molecular weight is 531 g/mol. The van der Waals surface area contributed by atoms with Crippen molar-refractivity contribution in [2.24, 2.45) is 0 Å². The number of hydrogen-bond acceptors (Lipinski definition) is 8. The number of hydrogen-bond donors (Lipinski definition) is 2. The van der Waals surface area contributed by atoms with E-state index in [2.05, 4.69) is 27.5 Å². The molecule has 0 unspecified atom stereocenters. The van der Waals surface area contributed by atoms with Crippen LogP contribution in [0.5, 0.6) is 5.75 Å². The highest BCUT2D eigenvalue weighted by Gasteiger charge is 2.11. The van der Waals surface area contributed by atoms with Crippen LogP contribution in [0.2, 0.25) is 0 Å². The summed E-state index contributed by atoms with van der Waals surface area (Å²) in [6.07, 6.45) is 3.84.